The topological polar surface area (TPSA) is 66.2 Å². The van der Waals surface area contributed by atoms with Crippen molar-refractivity contribution in [2.24, 2.45) is 0 Å². The highest BCUT2D eigenvalue weighted by atomic mass is 16.4. The molecule has 0 saturated heterocycles. The minimum atomic E-state index is -1.54. The van der Waals surface area contributed by atoms with Gasteiger partial charge in [0.25, 0.3) is 0 Å². The molecule has 74 valence electrons. The molecule has 0 spiro atoms. The van der Waals surface area contributed by atoms with Crippen LogP contribution in [0.1, 0.15) is 0 Å². The molecule has 5 heteroatoms. The van der Waals surface area contributed by atoms with Crippen LogP contribution in [0.25, 0.3) is 11.3 Å². The van der Waals surface area contributed by atoms with Crippen LogP contribution in [0.15, 0.2) is 42.7 Å². The van der Waals surface area contributed by atoms with Crippen molar-refractivity contribution in [2.75, 3.05) is 0 Å². The molecular formula is C10H9BN2O2. The molecule has 0 aliphatic carbocycles. The summed E-state index contributed by atoms with van der Waals surface area (Å²) in [5.74, 6) is 0. The fourth-order valence-corrected chi connectivity index (χ4v) is 1.28. The van der Waals surface area contributed by atoms with E-state index in [1.54, 1.807) is 30.6 Å². The molecule has 0 saturated carbocycles. The molecule has 2 aromatic rings. The summed E-state index contributed by atoms with van der Waals surface area (Å²) in [6, 6.07) is 8.74. The van der Waals surface area contributed by atoms with Gasteiger partial charge in [0.1, 0.15) is 0 Å². The van der Waals surface area contributed by atoms with E-state index in [0.717, 1.165) is 5.56 Å². The summed E-state index contributed by atoms with van der Waals surface area (Å²) in [7, 11) is -1.54. The second-order valence-corrected chi connectivity index (χ2v) is 3.06. The highest BCUT2D eigenvalue weighted by Gasteiger charge is 2.12. The maximum Gasteiger partial charge on any atom is 0.508 e. The van der Waals surface area contributed by atoms with Gasteiger partial charge in [-0.1, -0.05) is 6.07 Å². The van der Waals surface area contributed by atoms with Gasteiger partial charge in [0.15, 0.2) is 0 Å². The highest BCUT2D eigenvalue weighted by molar-refractivity contribution is 6.57. The first-order valence-electron chi connectivity index (χ1n) is 4.51. The van der Waals surface area contributed by atoms with E-state index in [4.69, 9.17) is 10.0 Å². The smallest absolute Gasteiger partial charge is 0.422 e. The normalized spacial score (nSPS) is 10.0. The van der Waals surface area contributed by atoms with Crippen LogP contribution in [0.5, 0.6) is 0 Å². The number of pyridine rings is 2. The van der Waals surface area contributed by atoms with Crippen LogP contribution >= 0.6 is 0 Å². The van der Waals surface area contributed by atoms with Gasteiger partial charge in [0, 0.05) is 18.0 Å². The van der Waals surface area contributed by atoms with Crippen molar-refractivity contribution in [1.82, 2.24) is 9.97 Å². The zero-order valence-corrected chi connectivity index (χ0v) is 7.91. The molecule has 4 nitrogen and oxygen atoms in total. The van der Waals surface area contributed by atoms with E-state index in [1.165, 1.54) is 0 Å². The lowest BCUT2D eigenvalue weighted by molar-refractivity contribution is 0.424. The summed E-state index contributed by atoms with van der Waals surface area (Å²) >= 11 is 0. The van der Waals surface area contributed by atoms with Crippen LogP contribution in [0.4, 0.5) is 0 Å². The summed E-state index contributed by atoms with van der Waals surface area (Å²) in [4.78, 5) is 8.02. The average molecular weight is 200 g/mol. The molecule has 0 radical (unpaired) electrons. The Morgan fingerprint density at radius 3 is 2.40 bits per heavy atom. The van der Waals surface area contributed by atoms with Crippen molar-refractivity contribution < 1.29 is 10.0 Å². The summed E-state index contributed by atoms with van der Waals surface area (Å²) in [5, 5.41) is 18.0. The Balaban J connectivity index is 2.42. The minimum Gasteiger partial charge on any atom is -0.422 e. The molecule has 0 aliphatic rings. The van der Waals surface area contributed by atoms with Gasteiger partial charge in [-0.05, 0) is 24.3 Å². The first kappa shape index (κ1) is 9.83. The van der Waals surface area contributed by atoms with E-state index in [2.05, 4.69) is 9.97 Å². The monoisotopic (exact) mass is 200 g/mol. The van der Waals surface area contributed by atoms with Gasteiger partial charge in [0.2, 0.25) is 0 Å². The second kappa shape index (κ2) is 4.21. The second-order valence-electron chi connectivity index (χ2n) is 3.06. The van der Waals surface area contributed by atoms with Gasteiger partial charge in [-0.25, -0.2) is 0 Å². The summed E-state index contributed by atoms with van der Waals surface area (Å²) in [6.07, 6.45) is 3.33. The number of hydrogen-bond acceptors (Lipinski definition) is 4. The maximum absolute atomic E-state index is 8.98. The van der Waals surface area contributed by atoms with Crippen LogP contribution < -0.4 is 5.59 Å². The fourth-order valence-electron chi connectivity index (χ4n) is 1.28. The number of aromatic nitrogens is 2. The number of rotatable bonds is 2. The summed E-state index contributed by atoms with van der Waals surface area (Å²) in [5.41, 5.74) is 1.83. The first-order chi connectivity index (χ1) is 7.27. The third kappa shape index (κ3) is 2.20. The number of nitrogens with zero attached hydrogens (tertiary/aromatic N) is 2. The molecular weight excluding hydrogens is 191 g/mol. The molecule has 0 aromatic carbocycles. The molecule has 2 aromatic heterocycles. The van der Waals surface area contributed by atoms with Crippen molar-refractivity contribution in [3.63, 3.8) is 0 Å². The zero-order valence-electron chi connectivity index (χ0n) is 7.91. The molecule has 2 rings (SSSR count). The molecule has 0 aliphatic heterocycles. The van der Waals surface area contributed by atoms with E-state index in [1.807, 2.05) is 12.1 Å². The summed E-state index contributed by atoms with van der Waals surface area (Å²) < 4.78 is 0. The Kier molecular flexibility index (Phi) is 2.76. The molecule has 15 heavy (non-hydrogen) atoms. The van der Waals surface area contributed by atoms with E-state index < -0.39 is 7.12 Å². The third-order valence-corrected chi connectivity index (χ3v) is 2.01. The zero-order chi connectivity index (χ0) is 10.7. The van der Waals surface area contributed by atoms with E-state index in [0.29, 0.717) is 5.69 Å². The highest BCUT2D eigenvalue weighted by Crippen LogP contribution is 2.13. The fraction of sp³-hybridized carbons (Fsp3) is 0. The Labute approximate surface area is 87.4 Å². The quantitative estimate of drug-likeness (QED) is 0.660. The predicted octanol–water partition coefficient (Wildman–Crippen LogP) is -0.177. The molecule has 0 amide bonds. The lowest BCUT2D eigenvalue weighted by Crippen LogP contribution is -2.32. The third-order valence-electron chi connectivity index (χ3n) is 2.01. The lowest BCUT2D eigenvalue weighted by Gasteiger charge is -2.03. The van der Waals surface area contributed by atoms with Crippen LogP contribution in [-0.2, 0) is 0 Å². The standard InChI is InChI=1S/C10H9BN2O2/c14-11(15)10-3-1-2-9(13-10)8-4-6-12-7-5-8/h1-7,14-15H. The Morgan fingerprint density at radius 1 is 1.00 bits per heavy atom. The van der Waals surface area contributed by atoms with Gasteiger partial charge in [-0.3, -0.25) is 9.97 Å². The largest absolute Gasteiger partial charge is 0.508 e. The van der Waals surface area contributed by atoms with Crippen molar-refractivity contribution in [3.05, 3.63) is 42.7 Å². The van der Waals surface area contributed by atoms with Gasteiger partial charge < -0.3 is 10.0 Å². The molecule has 2 heterocycles. The van der Waals surface area contributed by atoms with Crippen molar-refractivity contribution in [1.29, 1.82) is 0 Å². The lowest BCUT2D eigenvalue weighted by atomic mass is 9.85. The van der Waals surface area contributed by atoms with Crippen molar-refractivity contribution in [2.45, 2.75) is 0 Å². The maximum atomic E-state index is 8.98. The van der Waals surface area contributed by atoms with E-state index in [-0.39, 0.29) is 5.59 Å². The van der Waals surface area contributed by atoms with E-state index >= 15 is 0 Å². The molecule has 0 atom stereocenters. The number of hydrogen-bond donors (Lipinski definition) is 2. The van der Waals surface area contributed by atoms with Gasteiger partial charge in [-0.2, -0.15) is 0 Å². The predicted molar refractivity (Wildman–Crippen MR) is 57.3 cm³/mol. The van der Waals surface area contributed by atoms with Crippen LogP contribution in [-0.4, -0.2) is 27.1 Å². The van der Waals surface area contributed by atoms with Gasteiger partial charge in [0.05, 0.1) is 11.3 Å². The molecule has 2 N–H and O–H groups in total. The Morgan fingerprint density at radius 2 is 1.73 bits per heavy atom. The van der Waals surface area contributed by atoms with Crippen LogP contribution in [0.3, 0.4) is 0 Å². The Hall–Kier alpha value is -1.72. The van der Waals surface area contributed by atoms with Crippen LogP contribution in [0, 0.1) is 0 Å². The van der Waals surface area contributed by atoms with Crippen LogP contribution in [0.2, 0.25) is 0 Å². The Bertz CT molecular complexity index is 448. The van der Waals surface area contributed by atoms with Gasteiger partial charge in [-0.15, -0.1) is 0 Å². The minimum absolute atomic E-state index is 0.240. The van der Waals surface area contributed by atoms with Gasteiger partial charge >= 0.3 is 7.12 Å². The van der Waals surface area contributed by atoms with Crippen molar-refractivity contribution >= 4 is 12.7 Å². The van der Waals surface area contributed by atoms with E-state index in [9.17, 15) is 0 Å². The molecule has 0 fully saturated rings. The molecule has 0 bridgehead atoms. The average Bonchev–Trinajstić information content (AvgIpc) is 2.30. The molecule has 0 unspecified atom stereocenters. The van der Waals surface area contributed by atoms with Crippen molar-refractivity contribution in [3.8, 4) is 11.3 Å². The summed E-state index contributed by atoms with van der Waals surface area (Å²) in [6.45, 7) is 0. The first-order valence-corrected chi connectivity index (χ1v) is 4.51. The SMILES string of the molecule is OB(O)c1cccc(-c2ccncc2)n1.